The maximum absolute atomic E-state index is 10.9. The zero-order valence-corrected chi connectivity index (χ0v) is 8.81. The highest BCUT2D eigenvalue weighted by Gasteiger charge is 2.35. The minimum atomic E-state index is -1.27. The Kier molecular flexibility index (Phi) is 3.11. The molecule has 0 saturated heterocycles. The molecule has 1 aliphatic carbocycles. The summed E-state index contributed by atoms with van der Waals surface area (Å²) in [6.07, 6.45) is 3.11. The maximum atomic E-state index is 10.9. The van der Waals surface area contributed by atoms with Crippen LogP contribution >= 0.6 is 46.4 Å². The lowest BCUT2D eigenvalue weighted by atomic mass is 10.0. The fraction of sp³-hybridized carbons (Fsp3) is 0.286. The van der Waals surface area contributed by atoms with Crippen LogP contribution in [0.2, 0.25) is 0 Å². The number of rotatable bonds is 1. The van der Waals surface area contributed by atoms with E-state index in [0.29, 0.717) is 10.1 Å². The Morgan fingerprint density at radius 3 is 2.50 bits per heavy atom. The minimum Gasteiger partial charge on any atom is -0.279 e. The molecule has 0 fully saturated rings. The minimum absolute atomic E-state index is 0.189. The zero-order chi connectivity index (χ0) is 9.35. The first-order chi connectivity index (χ1) is 5.44. The highest BCUT2D eigenvalue weighted by Crippen LogP contribution is 2.36. The number of halogens is 4. The predicted octanol–water partition coefficient (Wildman–Crippen LogP) is 3.38. The Balaban J connectivity index is 3.00. The first kappa shape index (κ1) is 10.4. The van der Waals surface area contributed by atoms with Gasteiger partial charge in [0.25, 0.3) is 0 Å². The molecule has 1 atom stereocenters. The van der Waals surface area contributed by atoms with Crippen molar-refractivity contribution in [3.63, 3.8) is 0 Å². The van der Waals surface area contributed by atoms with Crippen molar-refractivity contribution in [1.29, 1.82) is 0 Å². The van der Waals surface area contributed by atoms with Crippen LogP contribution in [-0.2, 0) is 4.79 Å². The fourth-order valence-corrected chi connectivity index (χ4v) is 2.09. The summed E-state index contributed by atoms with van der Waals surface area (Å²) in [5.41, 5.74) is 0. The third-order valence-corrected chi connectivity index (χ3v) is 2.72. The van der Waals surface area contributed by atoms with Gasteiger partial charge in [-0.2, -0.15) is 0 Å². The van der Waals surface area contributed by atoms with Gasteiger partial charge < -0.3 is 0 Å². The standard InChI is InChI=1S/C7H4Cl4O/c8-4-1-5(9)3-7(11,2-4)6(10)12/h1-2H,3H2. The van der Waals surface area contributed by atoms with E-state index >= 15 is 0 Å². The van der Waals surface area contributed by atoms with Gasteiger partial charge in [-0.1, -0.05) is 23.2 Å². The van der Waals surface area contributed by atoms with Crippen LogP contribution < -0.4 is 0 Å². The van der Waals surface area contributed by atoms with Crippen molar-refractivity contribution in [2.24, 2.45) is 0 Å². The molecule has 0 N–H and O–H groups in total. The van der Waals surface area contributed by atoms with Crippen molar-refractivity contribution >= 4 is 51.6 Å². The third kappa shape index (κ3) is 2.17. The van der Waals surface area contributed by atoms with Crippen molar-refractivity contribution in [3.8, 4) is 0 Å². The smallest absolute Gasteiger partial charge is 0.246 e. The normalized spacial score (nSPS) is 29.3. The van der Waals surface area contributed by atoms with E-state index < -0.39 is 10.1 Å². The van der Waals surface area contributed by atoms with E-state index in [1.165, 1.54) is 12.2 Å². The highest BCUT2D eigenvalue weighted by atomic mass is 35.5. The molecular weight excluding hydrogens is 242 g/mol. The molecule has 0 saturated carbocycles. The maximum Gasteiger partial charge on any atom is 0.246 e. The van der Waals surface area contributed by atoms with Gasteiger partial charge in [0.05, 0.1) is 0 Å². The zero-order valence-electron chi connectivity index (χ0n) is 5.78. The molecule has 0 bridgehead atoms. The molecule has 0 aromatic heterocycles. The lowest BCUT2D eigenvalue weighted by molar-refractivity contribution is -0.113. The van der Waals surface area contributed by atoms with E-state index in [-0.39, 0.29) is 6.42 Å². The third-order valence-electron chi connectivity index (χ3n) is 1.41. The van der Waals surface area contributed by atoms with Crippen LogP contribution in [0.3, 0.4) is 0 Å². The van der Waals surface area contributed by atoms with Gasteiger partial charge >= 0.3 is 0 Å². The summed E-state index contributed by atoms with van der Waals surface area (Å²) in [6.45, 7) is 0. The largest absolute Gasteiger partial charge is 0.279 e. The molecule has 0 spiro atoms. The SMILES string of the molecule is O=C(Cl)C1(Cl)C=C(Cl)C=C(Cl)C1. The van der Waals surface area contributed by atoms with Gasteiger partial charge in [0, 0.05) is 16.5 Å². The Labute approximate surface area is 89.9 Å². The first-order valence-electron chi connectivity index (χ1n) is 3.07. The van der Waals surface area contributed by atoms with Crippen LogP contribution in [0.1, 0.15) is 6.42 Å². The van der Waals surface area contributed by atoms with Crippen LogP contribution in [0.5, 0.6) is 0 Å². The average Bonchev–Trinajstić information content (AvgIpc) is 1.82. The van der Waals surface area contributed by atoms with Crippen molar-refractivity contribution in [3.05, 3.63) is 22.2 Å². The van der Waals surface area contributed by atoms with E-state index in [4.69, 9.17) is 46.4 Å². The quantitative estimate of drug-likeness (QED) is 0.512. The lowest BCUT2D eigenvalue weighted by Gasteiger charge is -2.21. The summed E-state index contributed by atoms with van der Waals surface area (Å²) < 4.78 is 0. The molecule has 12 heavy (non-hydrogen) atoms. The Hall–Kier alpha value is 0.310. The molecule has 1 nitrogen and oxygen atoms in total. The Morgan fingerprint density at radius 2 is 2.08 bits per heavy atom. The number of alkyl halides is 1. The van der Waals surface area contributed by atoms with Crippen molar-refractivity contribution in [2.45, 2.75) is 11.3 Å². The molecule has 0 amide bonds. The molecule has 1 aliphatic rings. The van der Waals surface area contributed by atoms with Crippen LogP contribution in [-0.4, -0.2) is 10.1 Å². The average molecular weight is 246 g/mol. The summed E-state index contributed by atoms with van der Waals surface area (Å²) in [4.78, 5) is 9.58. The van der Waals surface area contributed by atoms with E-state index in [1.54, 1.807) is 0 Å². The Bertz CT molecular complexity index is 281. The van der Waals surface area contributed by atoms with Crippen molar-refractivity contribution in [1.82, 2.24) is 0 Å². The van der Waals surface area contributed by atoms with Crippen molar-refractivity contribution in [2.75, 3.05) is 0 Å². The summed E-state index contributed by atoms with van der Waals surface area (Å²) in [5.74, 6) is 0. The van der Waals surface area contributed by atoms with Crippen LogP contribution in [0.15, 0.2) is 22.2 Å². The van der Waals surface area contributed by atoms with E-state index in [0.717, 1.165) is 0 Å². The second-order valence-electron chi connectivity index (χ2n) is 2.43. The van der Waals surface area contributed by atoms with Gasteiger partial charge in [0.15, 0.2) is 0 Å². The van der Waals surface area contributed by atoms with Crippen LogP contribution in [0, 0.1) is 0 Å². The van der Waals surface area contributed by atoms with Gasteiger partial charge in [0.1, 0.15) is 4.87 Å². The number of hydrogen-bond acceptors (Lipinski definition) is 1. The molecule has 0 aliphatic heterocycles. The number of carbonyl (C=O) groups excluding carboxylic acids is 1. The molecule has 0 aromatic carbocycles. The van der Waals surface area contributed by atoms with Gasteiger partial charge in [0.2, 0.25) is 5.24 Å². The lowest BCUT2D eigenvalue weighted by Crippen LogP contribution is -2.28. The summed E-state index contributed by atoms with van der Waals surface area (Å²) in [5, 5.41) is 0.0790. The van der Waals surface area contributed by atoms with Gasteiger partial charge in [-0.3, -0.25) is 4.79 Å². The molecule has 1 unspecified atom stereocenters. The Morgan fingerprint density at radius 1 is 1.50 bits per heavy atom. The molecule has 0 radical (unpaired) electrons. The number of allylic oxidation sites excluding steroid dienone is 4. The number of carbonyl (C=O) groups is 1. The summed E-state index contributed by atoms with van der Waals surface area (Å²) in [7, 11) is 0. The first-order valence-corrected chi connectivity index (χ1v) is 4.58. The topological polar surface area (TPSA) is 17.1 Å². The molecule has 1 rings (SSSR count). The molecule has 66 valence electrons. The van der Waals surface area contributed by atoms with Gasteiger partial charge in [-0.15, -0.1) is 11.6 Å². The van der Waals surface area contributed by atoms with E-state index in [1.807, 2.05) is 0 Å². The molecule has 0 heterocycles. The highest BCUT2D eigenvalue weighted by molar-refractivity contribution is 6.71. The van der Waals surface area contributed by atoms with Crippen LogP contribution in [0.4, 0.5) is 0 Å². The second kappa shape index (κ2) is 3.59. The van der Waals surface area contributed by atoms with Gasteiger partial charge in [-0.05, 0) is 23.8 Å². The van der Waals surface area contributed by atoms with E-state index in [2.05, 4.69) is 0 Å². The molecular formula is C7H4Cl4O. The fourth-order valence-electron chi connectivity index (χ4n) is 0.884. The summed E-state index contributed by atoms with van der Waals surface area (Å²) in [6, 6.07) is 0. The summed E-state index contributed by atoms with van der Waals surface area (Å²) >= 11 is 22.4. The monoisotopic (exact) mass is 244 g/mol. The molecule has 5 heteroatoms. The molecule has 0 aromatic rings. The van der Waals surface area contributed by atoms with Crippen LogP contribution in [0.25, 0.3) is 0 Å². The predicted molar refractivity (Wildman–Crippen MR) is 51.9 cm³/mol. The number of hydrogen-bond donors (Lipinski definition) is 0. The second-order valence-corrected chi connectivity index (χ2v) is 4.37. The van der Waals surface area contributed by atoms with Crippen molar-refractivity contribution < 1.29 is 4.79 Å². The van der Waals surface area contributed by atoms with Gasteiger partial charge in [-0.25, -0.2) is 0 Å². The van der Waals surface area contributed by atoms with E-state index in [9.17, 15) is 4.79 Å².